The van der Waals surface area contributed by atoms with E-state index in [-0.39, 0.29) is 6.04 Å². The third-order valence-electron chi connectivity index (χ3n) is 5.98. The quantitative estimate of drug-likeness (QED) is 0.596. The maximum Gasteiger partial charge on any atom is 0.212 e. The summed E-state index contributed by atoms with van der Waals surface area (Å²) in [5, 5.41) is 11.9. The molecule has 1 fully saturated rings. The predicted octanol–water partition coefficient (Wildman–Crippen LogP) is 5.74. The first-order valence-electron chi connectivity index (χ1n) is 10.2. The molecule has 2 atom stereocenters. The first kappa shape index (κ1) is 20.1. The van der Waals surface area contributed by atoms with Gasteiger partial charge in [0.2, 0.25) is 5.89 Å². The van der Waals surface area contributed by atoms with Crippen LogP contribution in [0.1, 0.15) is 49.4 Å². The topological polar surface area (TPSA) is 49.5 Å². The van der Waals surface area contributed by atoms with Crippen LogP contribution in [0.4, 0.5) is 0 Å². The lowest BCUT2D eigenvalue weighted by molar-refractivity contribution is 0.0197. The van der Waals surface area contributed by atoms with Crippen molar-refractivity contribution < 1.29 is 9.52 Å². The number of rotatable bonds is 4. The summed E-state index contributed by atoms with van der Waals surface area (Å²) in [7, 11) is 0. The van der Waals surface area contributed by atoms with Gasteiger partial charge < -0.3 is 9.52 Å². The Morgan fingerprint density at radius 1 is 1.07 bits per heavy atom. The van der Waals surface area contributed by atoms with Gasteiger partial charge in [-0.15, -0.1) is 0 Å². The lowest BCUT2D eigenvalue weighted by Crippen LogP contribution is -2.31. The van der Waals surface area contributed by atoms with E-state index in [1.165, 1.54) is 0 Å². The van der Waals surface area contributed by atoms with E-state index in [0.717, 1.165) is 54.4 Å². The molecule has 1 saturated heterocycles. The van der Waals surface area contributed by atoms with Gasteiger partial charge >= 0.3 is 0 Å². The highest BCUT2D eigenvalue weighted by molar-refractivity contribution is 6.30. The van der Waals surface area contributed by atoms with E-state index in [4.69, 9.17) is 21.0 Å². The standard InChI is InChI=1S/C24H27ClN2O2/c1-17-22(19-9-11-21(25)12-10-19)29-23(26-17)18(2)27-15-6-13-24(28,14-16-27)20-7-4-3-5-8-20/h3-5,7-12,18,28H,6,13-16H2,1-2H3/t18-,24-/m0/s1. The SMILES string of the molecule is Cc1nc([C@H](C)N2CCC[C@@](O)(c3ccccc3)CC2)oc1-c1ccc(Cl)cc1. The summed E-state index contributed by atoms with van der Waals surface area (Å²) in [4.78, 5) is 7.06. The van der Waals surface area contributed by atoms with Crippen LogP contribution in [-0.4, -0.2) is 28.1 Å². The van der Waals surface area contributed by atoms with Gasteiger partial charge in [-0.05, 0) is 69.5 Å². The zero-order valence-electron chi connectivity index (χ0n) is 16.9. The third-order valence-corrected chi connectivity index (χ3v) is 6.24. The van der Waals surface area contributed by atoms with Crippen molar-refractivity contribution in [1.82, 2.24) is 9.88 Å². The third kappa shape index (κ3) is 4.25. The molecule has 2 aromatic carbocycles. The van der Waals surface area contributed by atoms with E-state index in [1.807, 2.05) is 61.5 Å². The number of hydrogen-bond donors (Lipinski definition) is 1. The zero-order valence-corrected chi connectivity index (χ0v) is 17.7. The number of aryl methyl sites for hydroxylation is 1. The largest absolute Gasteiger partial charge is 0.439 e. The molecule has 152 valence electrons. The summed E-state index contributed by atoms with van der Waals surface area (Å²) < 4.78 is 6.17. The highest BCUT2D eigenvalue weighted by Crippen LogP contribution is 2.36. The number of likely N-dealkylation sites (tertiary alicyclic amines) is 1. The Hall–Kier alpha value is -2.14. The Morgan fingerprint density at radius 3 is 2.52 bits per heavy atom. The van der Waals surface area contributed by atoms with Crippen LogP contribution < -0.4 is 0 Å². The van der Waals surface area contributed by atoms with Gasteiger partial charge in [0.1, 0.15) is 0 Å². The lowest BCUT2D eigenvalue weighted by Gasteiger charge is -2.28. The van der Waals surface area contributed by atoms with Crippen molar-refractivity contribution in [2.75, 3.05) is 13.1 Å². The molecule has 1 N–H and O–H groups in total. The van der Waals surface area contributed by atoms with Gasteiger partial charge in [-0.2, -0.15) is 0 Å². The molecule has 0 spiro atoms. The minimum atomic E-state index is -0.767. The van der Waals surface area contributed by atoms with Crippen molar-refractivity contribution in [3.8, 4) is 11.3 Å². The summed E-state index contributed by atoms with van der Waals surface area (Å²) in [6.45, 7) is 5.81. The van der Waals surface area contributed by atoms with Crippen molar-refractivity contribution in [3.63, 3.8) is 0 Å². The van der Waals surface area contributed by atoms with E-state index in [2.05, 4.69) is 11.8 Å². The molecule has 0 amide bonds. The predicted molar refractivity (Wildman–Crippen MR) is 116 cm³/mol. The second-order valence-electron chi connectivity index (χ2n) is 7.94. The average Bonchev–Trinajstić information content (AvgIpc) is 3.00. The highest BCUT2D eigenvalue weighted by atomic mass is 35.5. The number of hydrogen-bond acceptors (Lipinski definition) is 4. The molecule has 0 saturated carbocycles. The molecule has 1 aliphatic rings. The van der Waals surface area contributed by atoms with Crippen LogP contribution in [0.25, 0.3) is 11.3 Å². The molecule has 0 aliphatic carbocycles. The molecule has 4 nitrogen and oxygen atoms in total. The Morgan fingerprint density at radius 2 is 1.79 bits per heavy atom. The van der Waals surface area contributed by atoms with Crippen molar-refractivity contribution in [2.45, 2.75) is 44.8 Å². The van der Waals surface area contributed by atoms with Gasteiger partial charge in [-0.25, -0.2) is 4.98 Å². The number of nitrogens with zero attached hydrogens (tertiary/aromatic N) is 2. The van der Waals surface area contributed by atoms with Crippen LogP contribution in [0.15, 0.2) is 59.0 Å². The van der Waals surface area contributed by atoms with Crippen LogP contribution in [0, 0.1) is 6.92 Å². The van der Waals surface area contributed by atoms with Crippen molar-refractivity contribution in [2.24, 2.45) is 0 Å². The van der Waals surface area contributed by atoms with Crippen LogP contribution >= 0.6 is 11.6 Å². The van der Waals surface area contributed by atoms with Crippen LogP contribution in [0.5, 0.6) is 0 Å². The molecule has 3 aromatic rings. The Kier molecular flexibility index (Phi) is 5.77. The molecule has 1 aliphatic heterocycles. The van der Waals surface area contributed by atoms with Crippen molar-refractivity contribution in [1.29, 1.82) is 0 Å². The van der Waals surface area contributed by atoms with Gasteiger partial charge in [0.05, 0.1) is 17.3 Å². The normalized spacial score (nSPS) is 21.7. The summed E-state index contributed by atoms with van der Waals surface area (Å²) in [6.07, 6.45) is 2.39. The van der Waals surface area contributed by atoms with Crippen molar-refractivity contribution in [3.05, 3.63) is 76.8 Å². The summed E-state index contributed by atoms with van der Waals surface area (Å²) in [6, 6.07) is 17.7. The summed E-state index contributed by atoms with van der Waals surface area (Å²) in [5.41, 5.74) is 2.10. The summed E-state index contributed by atoms with van der Waals surface area (Å²) >= 11 is 6.01. The smallest absolute Gasteiger partial charge is 0.212 e. The fourth-order valence-electron chi connectivity index (χ4n) is 4.19. The van der Waals surface area contributed by atoms with Gasteiger partial charge in [0, 0.05) is 17.1 Å². The zero-order chi connectivity index (χ0) is 20.4. The summed E-state index contributed by atoms with van der Waals surface area (Å²) in [5.74, 6) is 1.51. The fraction of sp³-hybridized carbons (Fsp3) is 0.375. The average molecular weight is 411 g/mol. The number of benzene rings is 2. The van der Waals surface area contributed by atoms with E-state index in [0.29, 0.717) is 11.4 Å². The molecular weight excluding hydrogens is 384 g/mol. The molecule has 0 unspecified atom stereocenters. The van der Waals surface area contributed by atoms with E-state index < -0.39 is 5.60 Å². The minimum Gasteiger partial charge on any atom is -0.439 e. The second-order valence-corrected chi connectivity index (χ2v) is 8.37. The Labute approximate surface area is 177 Å². The molecule has 5 heteroatoms. The molecular formula is C24H27ClN2O2. The number of aliphatic hydroxyl groups is 1. The van der Waals surface area contributed by atoms with Crippen LogP contribution in [0.2, 0.25) is 5.02 Å². The molecule has 0 radical (unpaired) electrons. The van der Waals surface area contributed by atoms with E-state index >= 15 is 0 Å². The number of oxazole rings is 1. The lowest BCUT2D eigenvalue weighted by atomic mass is 9.87. The van der Waals surface area contributed by atoms with Crippen molar-refractivity contribution >= 4 is 11.6 Å². The molecule has 1 aromatic heterocycles. The monoisotopic (exact) mass is 410 g/mol. The first-order valence-corrected chi connectivity index (χ1v) is 10.6. The van der Waals surface area contributed by atoms with Gasteiger partial charge in [0.25, 0.3) is 0 Å². The number of aromatic nitrogens is 1. The minimum absolute atomic E-state index is 0.0490. The molecule has 4 rings (SSSR count). The van der Waals surface area contributed by atoms with Crippen LogP contribution in [0.3, 0.4) is 0 Å². The Bertz CT molecular complexity index is 955. The molecule has 29 heavy (non-hydrogen) atoms. The Balaban J connectivity index is 1.51. The van der Waals surface area contributed by atoms with Gasteiger partial charge in [-0.3, -0.25) is 4.90 Å². The molecule has 0 bridgehead atoms. The van der Waals surface area contributed by atoms with Gasteiger partial charge in [-0.1, -0.05) is 41.9 Å². The highest BCUT2D eigenvalue weighted by Gasteiger charge is 2.34. The molecule has 2 heterocycles. The maximum atomic E-state index is 11.2. The first-order chi connectivity index (χ1) is 14.0. The maximum absolute atomic E-state index is 11.2. The van der Waals surface area contributed by atoms with E-state index in [1.54, 1.807) is 0 Å². The second kappa shape index (κ2) is 8.31. The fourth-order valence-corrected chi connectivity index (χ4v) is 4.31. The van der Waals surface area contributed by atoms with Gasteiger partial charge in [0.15, 0.2) is 5.76 Å². The number of halogens is 1. The van der Waals surface area contributed by atoms with Crippen LogP contribution in [-0.2, 0) is 5.60 Å². The van der Waals surface area contributed by atoms with E-state index in [9.17, 15) is 5.11 Å².